The number of hydrogen-bond acceptors (Lipinski definition) is 3. The van der Waals surface area contributed by atoms with E-state index in [1.54, 1.807) is 12.3 Å². The second-order valence-electron chi connectivity index (χ2n) is 3.87. The quantitative estimate of drug-likeness (QED) is 0.767. The Morgan fingerprint density at radius 2 is 2.07 bits per heavy atom. The Labute approximate surface area is 85.1 Å². The molecule has 0 unspecified atom stereocenters. The van der Waals surface area contributed by atoms with Crippen LogP contribution in [0.4, 0.5) is 0 Å². The maximum absolute atomic E-state index is 11.2. The first-order valence-corrected chi connectivity index (χ1v) is 6.43. The van der Waals surface area contributed by atoms with Crippen LogP contribution in [-0.4, -0.2) is 19.7 Å². The molecule has 0 aliphatic carbocycles. The topological polar surface area (TPSA) is 47.0 Å². The van der Waals surface area contributed by atoms with Gasteiger partial charge in [-0.05, 0) is 30.0 Å². The molecule has 3 nitrogen and oxygen atoms in total. The lowest BCUT2D eigenvalue weighted by Gasteiger charge is -2.05. The fourth-order valence-electron chi connectivity index (χ4n) is 1.25. The van der Waals surface area contributed by atoms with Crippen molar-refractivity contribution in [3.05, 3.63) is 23.9 Å². The van der Waals surface area contributed by atoms with Crippen LogP contribution in [0.1, 0.15) is 19.4 Å². The van der Waals surface area contributed by atoms with Crippen LogP contribution in [-0.2, 0) is 16.3 Å². The lowest BCUT2D eigenvalue weighted by Crippen LogP contribution is -2.02. The van der Waals surface area contributed by atoms with Crippen molar-refractivity contribution in [2.45, 2.75) is 25.3 Å². The highest BCUT2D eigenvalue weighted by Crippen LogP contribution is 2.11. The summed E-state index contributed by atoms with van der Waals surface area (Å²) in [5, 5.41) is 0.163. The van der Waals surface area contributed by atoms with Crippen LogP contribution in [0.15, 0.2) is 23.4 Å². The lowest BCUT2D eigenvalue weighted by atomic mass is 10.0. The first-order chi connectivity index (χ1) is 6.39. The van der Waals surface area contributed by atoms with E-state index in [2.05, 4.69) is 18.8 Å². The van der Waals surface area contributed by atoms with Crippen LogP contribution in [0.25, 0.3) is 0 Å². The van der Waals surface area contributed by atoms with Gasteiger partial charge in [0, 0.05) is 12.5 Å². The molecule has 1 aromatic heterocycles. The number of pyridine rings is 1. The van der Waals surface area contributed by atoms with Gasteiger partial charge >= 0.3 is 0 Å². The van der Waals surface area contributed by atoms with Gasteiger partial charge in [-0.1, -0.05) is 13.8 Å². The van der Waals surface area contributed by atoms with Crippen LogP contribution < -0.4 is 0 Å². The van der Waals surface area contributed by atoms with Crippen molar-refractivity contribution in [1.29, 1.82) is 0 Å². The zero-order valence-corrected chi connectivity index (χ0v) is 9.50. The standard InChI is InChI=1S/C10H15NO2S/c1-8(2)6-9-4-5-11-10(7-9)14(3,12)13/h4-5,7-8H,6H2,1-3H3. The summed E-state index contributed by atoms with van der Waals surface area (Å²) in [6.45, 7) is 4.20. The van der Waals surface area contributed by atoms with Gasteiger partial charge in [0.25, 0.3) is 0 Å². The first kappa shape index (κ1) is 11.2. The highest BCUT2D eigenvalue weighted by atomic mass is 32.2. The molecule has 0 radical (unpaired) electrons. The van der Waals surface area contributed by atoms with E-state index in [1.807, 2.05) is 6.07 Å². The maximum atomic E-state index is 11.2. The molecule has 0 N–H and O–H groups in total. The fraction of sp³-hybridized carbons (Fsp3) is 0.500. The second-order valence-corrected chi connectivity index (χ2v) is 5.84. The molecule has 0 aliphatic rings. The molecule has 0 atom stereocenters. The van der Waals surface area contributed by atoms with Gasteiger partial charge < -0.3 is 0 Å². The van der Waals surface area contributed by atoms with Crippen molar-refractivity contribution >= 4 is 9.84 Å². The summed E-state index contributed by atoms with van der Waals surface area (Å²) >= 11 is 0. The van der Waals surface area contributed by atoms with E-state index in [0.29, 0.717) is 5.92 Å². The van der Waals surface area contributed by atoms with Crippen molar-refractivity contribution in [3.63, 3.8) is 0 Å². The van der Waals surface area contributed by atoms with Crippen LogP contribution in [0.5, 0.6) is 0 Å². The van der Waals surface area contributed by atoms with Gasteiger partial charge in [0.15, 0.2) is 14.9 Å². The monoisotopic (exact) mass is 213 g/mol. The van der Waals surface area contributed by atoms with Gasteiger partial charge in [-0.3, -0.25) is 0 Å². The summed E-state index contributed by atoms with van der Waals surface area (Å²) < 4.78 is 22.4. The molecule has 0 aromatic carbocycles. The van der Waals surface area contributed by atoms with E-state index < -0.39 is 9.84 Å². The van der Waals surface area contributed by atoms with Crippen molar-refractivity contribution in [1.82, 2.24) is 4.98 Å². The average molecular weight is 213 g/mol. The average Bonchev–Trinajstić information content (AvgIpc) is 2.01. The van der Waals surface area contributed by atoms with Crippen molar-refractivity contribution in [2.24, 2.45) is 5.92 Å². The summed E-state index contributed by atoms with van der Waals surface area (Å²) in [5.74, 6) is 0.518. The minimum absolute atomic E-state index is 0.163. The summed E-state index contributed by atoms with van der Waals surface area (Å²) in [6, 6.07) is 3.50. The second kappa shape index (κ2) is 4.09. The Morgan fingerprint density at radius 3 is 2.57 bits per heavy atom. The van der Waals surface area contributed by atoms with Crippen molar-refractivity contribution < 1.29 is 8.42 Å². The van der Waals surface area contributed by atoms with Gasteiger partial charge in [-0.2, -0.15) is 0 Å². The molecule has 0 saturated heterocycles. The Morgan fingerprint density at radius 1 is 1.43 bits per heavy atom. The van der Waals surface area contributed by atoms with E-state index in [0.717, 1.165) is 12.0 Å². The third-order valence-electron chi connectivity index (χ3n) is 1.82. The van der Waals surface area contributed by atoms with Gasteiger partial charge in [0.05, 0.1) is 0 Å². The van der Waals surface area contributed by atoms with Crippen molar-refractivity contribution in [3.8, 4) is 0 Å². The predicted molar refractivity (Wildman–Crippen MR) is 55.9 cm³/mol. The molecule has 0 aliphatic heterocycles. The Hall–Kier alpha value is -0.900. The van der Waals surface area contributed by atoms with E-state index in [4.69, 9.17) is 0 Å². The lowest BCUT2D eigenvalue weighted by molar-refractivity contribution is 0.597. The van der Waals surface area contributed by atoms with E-state index in [9.17, 15) is 8.42 Å². The SMILES string of the molecule is CC(C)Cc1ccnc(S(C)(=O)=O)c1. The molecule has 1 aromatic rings. The van der Waals surface area contributed by atoms with Gasteiger partial charge in [-0.15, -0.1) is 0 Å². The maximum Gasteiger partial charge on any atom is 0.192 e. The molecule has 1 rings (SSSR count). The van der Waals surface area contributed by atoms with Crippen LogP contribution >= 0.6 is 0 Å². The molecule has 0 saturated carbocycles. The predicted octanol–water partition coefficient (Wildman–Crippen LogP) is 1.68. The zero-order chi connectivity index (χ0) is 10.8. The normalized spacial score (nSPS) is 12.0. The molecule has 0 fully saturated rings. The minimum Gasteiger partial charge on any atom is -0.245 e. The number of nitrogens with zero attached hydrogens (tertiary/aromatic N) is 1. The highest BCUT2D eigenvalue weighted by molar-refractivity contribution is 7.90. The van der Waals surface area contributed by atoms with Gasteiger partial charge in [0.2, 0.25) is 0 Å². The molecule has 0 amide bonds. The van der Waals surface area contributed by atoms with Gasteiger partial charge in [-0.25, -0.2) is 13.4 Å². The van der Waals surface area contributed by atoms with Crippen LogP contribution in [0.3, 0.4) is 0 Å². The molecule has 0 bridgehead atoms. The summed E-state index contributed by atoms with van der Waals surface area (Å²) in [7, 11) is -3.17. The van der Waals surface area contributed by atoms with Gasteiger partial charge in [0.1, 0.15) is 0 Å². The molecule has 78 valence electrons. The first-order valence-electron chi connectivity index (χ1n) is 4.54. The Balaban J connectivity index is 3.02. The fourth-order valence-corrected chi connectivity index (χ4v) is 1.87. The minimum atomic E-state index is -3.17. The zero-order valence-electron chi connectivity index (χ0n) is 8.69. The largest absolute Gasteiger partial charge is 0.245 e. The van der Waals surface area contributed by atoms with E-state index >= 15 is 0 Å². The third kappa shape index (κ3) is 3.10. The van der Waals surface area contributed by atoms with E-state index in [-0.39, 0.29) is 5.03 Å². The summed E-state index contributed by atoms with van der Waals surface area (Å²) in [5.41, 5.74) is 1.02. The highest BCUT2D eigenvalue weighted by Gasteiger charge is 2.09. The number of sulfone groups is 1. The summed E-state index contributed by atoms with van der Waals surface area (Å²) in [6.07, 6.45) is 3.60. The smallest absolute Gasteiger partial charge is 0.192 e. The molecule has 0 spiro atoms. The third-order valence-corrected chi connectivity index (χ3v) is 2.81. The molecular formula is C10H15NO2S. The molecule has 4 heteroatoms. The number of rotatable bonds is 3. The van der Waals surface area contributed by atoms with Crippen LogP contribution in [0.2, 0.25) is 0 Å². The molecule has 1 heterocycles. The molecule has 14 heavy (non-hydrogen) atoms. The van der Waals surface area contributed by atoms with Crippen molar-refractivity contribution in [2.75, 3.05) is 6.26 Å². The Bertz CT molecular complexity index is 410. The number of hydrogen-bond donors (Lipinski definition) is 0. The summed E-state index contributed by atoms with van der Waals surface area (Å²) in [4.78, 5) is 3.83. The van der Waals surface area contributed by atoms with Crippen LogP contribution in [0, 0.1) is 5.92 Å². The number of aromatic nitrogens is 1. The molecular weight excluding hydrogens is 198 g/mol. The Kier molecular flexibility index (Phi) is 3.26. The van der Waals surface area contributed by atoms with E-state index in [1.165, 1.54) is 6.26 Å².